The van der Waals surface area contributed by atoms with Crippen molar-refractivity contribution in [2.75, 3.05) is 39.6 Å². The molecule has 17 nitrogen and oxygen atoms in total. The highest BCUT2D eigenvalue weighted by Crippen LogP contribution is 2.45. The molecule has 0 aliphatic carbocycles. The van der Waals surface area contributed by atoms with Crippen molar-refractivity contribution in [3.63, 3.8) is 0 Å². The molecule has 0 aromatic carbocycles. The van der Waals surface area contributed by atoms with Crippen LogP contribution in [0, 0.1) is 17.8 Å². The van der Waals surface area contributed by atoms with Gasteiger partial charge in [0.25, 0.3) is 0 Å². The summed E-state index contributed by atoms with van der Waals surface area (Å²) < 4.78 is 68.3. The van der Waals surface area contributed by atoms with Gasteiger partial charge in [-0.15, -0.1) is 0 Å². The molecule has 0 spiro atoms. The minimum absolute atomic E-state index is 0.0840. The zero-order chi connectivity index (χ0) is 66.6. The van der Waals surface area contributed by atoms with Crippen molar-refractivity contribution in [2.24, 2.45) is 17.8 Å². The van der Waals surface area contributed by atoms with Gasteiger partial charge in [0.2, 0.25) is 0 Å². The van der Waals surface area contributed by atoms with Crippen LogP contribution < -0.4 is 0 Å². The van der Waals surface area contributed by atoms with Crippen molar-refractivity contribution in [1.82, 2.24) is 0 Å². The maximum Gasteiger partial charge on any atom is 0.472 e. The molecule has 0 saturated carbocycles. The monoisotopic (exact) mass is 1320 g/mol. The number of ether oxygens (including phenoxy) is 4. The second-order valence-corrected chi connectivity index (χ2v) is 29.0. The third-order valence-corrected chi connectivity index (χ3v) is 18.0. The Labute approximate surface area is 548 Å². The molecule has 19 heteroatoms. The maximum absolute atomic E-state index is 13.0. The zero-order valence-electron chi connectivity index (χ0n) is 58.1. The van der Waals surface area contributed by atoms with E-state index in [9.17, 15) is 43.2 Å². The van der Waals surface area contributed by atoms with Gasteiger partial charge in [-0.2, -0.15) is 0 Å². The minimum Gasteiger partial charge on any atom is -0.462 e. The highest BCUT2D eigenvalue weighted by molar-refractivity contribution is 7.47. The molecule has 0 aliphatic heterocycles. The number of aliphatic hydroxyl groups excluding tert-OH is 1. The molecule has 0 radical (unpaired) electrons. The van der Waals surface area contributed by atoms with E-state index in [1.165, 1.54) is 128 Å². The van der Waals surface area contributed by atoms with Crippen LogP contribution in [0.15, 0.2) is 24.3 Å². The predicted molar refractivity (Wildman–Crippen MR) is 363 cm³/mol. The van der Waals surface area contributed by atoms with Crippen LogP contribution in [0.4, 0.5) is 0 Å². The smallest absolute Gasteiger partial charge is 0.462 e. The number of hydrogen-bond donors (Lipinski definition) is 3. The lowest BCUT2D eigenvalue weighted by Gasteiger charge is -2.21. The number of phosphoric ester groups is 2. The summed E-state index contributed by atoms with van der Waals surface area (Å²) in [6.07, 6.45) is 48.0. The topological polar surface area (TPSA) is 237 Å². The van der Waals surface area contributed by atoms with Crippen molar-refractivity contribution >= 4 is 39.5 Å². The first-order valence-electron chi connectivity index (χ1n) is 36.2. The largest absolute Gasteiger partial charge is 0.472 e. The molecule has 0 rings (SSSR count). The quantitative estimate of drug-likeness (QED) is 0.0169. The molecule has 90 heavy (non-hydrogen) atoms. The number of rotatable bonds is 67. The lowest BCUT2D eigenvalue weighted by atomic mass is 9.99. The van der Waals surface area contributed by atoms with Gasteiger partial charge in [0.1, 0.15) is 19.3 Å². The third-order valence-electron chi connectivity index (χ3n) is 16.1. The average Bonchev–Trinajstić information content (AvgIpc) is 3.12. The minimum atomic E-state index is -4.96. The van der Waals surface area contributed by atoms with Gasteiger partial charge in [0.05, 0.1) is 26.4 Å². The molecule has 3 N–H and O–H groups in total. The Morgan fingerprint density at radius 1 is 0.367 bits per heavy atom. The lowest BCUT2D eigenvalue weighted by Crippen LogP contribution is -2.30. The van der Waals surface area contributed by atoms with Gasteiger partial charge < -0.3 is 33.8 Å². The van der Waals surface area contributed by atoms with E-state index in [1.54, 1.807) is 0 Å². The summed E-state index contributed by atoms with van der Waals surface area (Å²) in [5, 5.41) is 10.6. The number of carbonyl (C=O) groups excluding carboxylic acids is 4. The van der Waals surface area contributed by atoms with E-state index in [1.807, 2.05) is 0 Å². The van der Waals surface area contributed by atoms with Crippen molar-refractivity contribution in [1.29, 1.82) is 0 Å². The van der Waals surface area contributed by atoms with Crippen LogP contribution in [0.2, 0.25) is 0 Å². The number of unbranched alkanes of at least 4 members (excludes halogenated alkanes) is 31. The maximum atomic E-state index is 13.0. The fourth-order valence-electron chi connectivity index (χ4n) is 10.1. The van der Waals surface area contributed by atoms with Crippen LogP contribution in [0.25, 0.3) is 0 Å². The lowest BCUT2D eigenvalue weighted by molar-refractivity contribution is -0.161. The number of hydrogen-bond acceptors (Lipinski definition) is 15. The van der Waals surface area contributed by atoms with Crippen LogP contribution in [-0.4, -0.2) is 96.7 Å². The van der Waals surface area contributed by atoms with Crippen LogP contribution in [-0.2, 0) is 65.4 Å². The summed E-state index contributed by atoms with van der Waals surface area (Å²) in [7, 11) is -9.92. The standard InChI is InChI=1S/C71H134O17P2/c1-8-10-11-12-13-14-15-16-17-18-19-22-33-40-47-54-70(75)87-66(59-82-69(74)53-46-39-32-27-25-30-37-44-51-64(7)9-2)60-85-89(77,78)83-56-65(72)57-84-90(79,80)86-61-67(58-81-68(73)52-45-38-31-26-24-29-36-43-50-63(5)6)88-71(76)55-48-41-34-23-20-21-28-35-42-49-62(3)4/h14-17,62-67,72H,8-13,18-61H2,1-7H3,(H,77,78)(H,79,80)/b15-14-,17-16-/t64?,65?,66-,67-/m1/s1. The molecule has 0 amide bonds. The highest BCUT2D eigenvalue weighted by Gasteiger charge is 2.30. The molecule has 0 aromatic heterocycles. The van der Waals surface area contributed by atoms with E-state index < -0.39 is 97.5 Å². The Hall–Kier alpha value is -2.46. The third kappa shape index (κ3) is 63.0. The van der Waals surface area contributed by atoms with Gasteiger partial charge in [0.15, 0.2) is 12.2 Å². The summed E-state index contributed by atoms with van der Waals surface area (Å²) in [6.45, 7) is 11.7. The molecule has 0 aromatic rings. The van der Waals surface area contributed by atoms with Gasteiger partial charge in [-0.25, -0.2) is 9.13 Å². The molecule has 530 valence electrons. The second-order valence-electron chi connectivity index (χ2n) is 26.1. The molecular weight excluding hydrogens is 1190 g/mol. The normalized spacial score (nSPS) is 14.7. The Balaban J connectivity index is 5.31. The fourth-order valence-corrected chi connectivity index (χ4v) is 11.7. The Morgan fingerprint density at radius 2 is 0.656 bits per heavy atom. The summed E-state index contributed by atoms with van der Waals surface area (Å²) in [4.78, 5) is 72.6. The fraction of sp³-hybridized carbons (Fsp3) is 0.887. The first-order chi connectivity index (χ1) is 43.3. The number of esters is 4. The van der Waals surface area contributed by atoms with Crippen molar-refractivity contribution in [3.05, 3.63) is 24.3 Å². The Morgan fingerprint density at radius 3 is 0.989 bits per heavy atom. The van der Waals surface area contributed by atoms with Crippen molar-refractivity contribution in [2.45, 2.75) is 349 Å². The van der Waals surface area contributed by atoms with E-state index in [0.717, 1.165) is 120 Å². The predicted octanol–water partition coefficient (Wildman–Crippen LogP) is 19.8. The SMILES string of the molecule is CCCCCC/C=C\C=C/CCCCCCCC(=O)O[C@H](COC(=O)CCCCCCCCCCC(C)CC)COP(=O)(O)OCC(O)COP(=O)(O)OC[C@@H](COC(=O)CCCCCCCCCCC(C)C)OC(=O)CCCCCCCCCCCC(C)C. The van der Waals surface area contributed by atoms with E-state index >= 15 is 0 Å². The van der Waals surface area contributed by atoms with Crippen molar-refractivity contribution in [3.8, 4) is 0 Å². The van der Waals surface area contributed by atoms with E-state index in [0.29, 0.717) is 25.7 Å². The van der Waals surface area contributed by atoms with E-state index in [2.05, 4.69) is 72.8 Å². The van der Waals surface area contributed by atoms with Crippen LogP contribution in [0.3, 0.4) is 0 Å². The van der Waals surface area contributed by atoms with Gasteiger partial charge in [0, 0.05) is 25.7 Å². The molecule has 0 heterocycles. The number of aliphatic hydroxyl groups is 1. The molecule has 6 atom stereocenters. The number of phosphoric acid groups is 2. The van der Waals surface area contributed by atoms with Gasteiger partial charge in [-0.3, -0.25) is 37.3 Å². The van der Waals surface area contributed by atoms with Crippen LogP contribution >= 0.6 is 15.6 Å². The molecule has 0 aliphatic rings. The summed E-state index contributed by atoms with van der Waals surface area (Å²) >= 11 is 0. The van der Waals surface area contributed by atoms with Crippen LogP contribution in [0.5, 0.6) is 0 Å². The molecule has 0 saturated heterocycles. The van der Waals surface area contributed by atoms with E-state index in [4.69, 9.17) is 37.0 Å². The van der Waals surface area contributed by atoms with Crippen LogP contribution in [0.1, 0.15) is 331 Å². The molecule has 0 bridgehead atoms. The summed E-state index contributed by atoms with van der Waals surface area (Å²) in [5.74, 6) is 0.0769. The van der Waals surface area contributed by atoms with Gasteiger partial charge >= 0.3 is 39.5 Å². The highest BCUT2D eigenvalue weighted by atomic mass is 31.2. The average molecular weight is 1320 g/mol. The van der Waals surface area contributed by atoms with Gasteiger partial charge in [-0.1, -0.05) is 278 Å². The Kier molecular flexibility index (Phi) is 59.7. The number of allylic oxidation sites excluding steroid dienone is 4. The molecule has 0 fully saturated rings. The first-order valence-corrected chi connectivity index (χ1v) is 39.2. The zero-order valence-corrected chi connectivity index (χ0v) is 59.9. The van der Waals surface area contributed by atoms with Gasteiger partial charge in [-0.05, 0) is 69.1 Å². The summed E-state index contributed by atoms with van der Waals surface area (Å²) in [6, 6.07) is 0. The van der Waals surface area contributed by atoms with E-state index in [-0.39, 0.29) is 25.7 Å². The summed E-state index contributed by atoms with van der Waals surface area (Å²) in [5.41, 5.74) is 0. The molecule has 4 unspecified atom stereocenters. The van der Waals surface area contributed by atoms with Crippen molar-refractivity contribution < 1.29 is 80.2 Å². The first kappa shape index (κ1) is 87.5. The number of carbonyl (C=O) groups is 4. The second kappa shape index (κ2) is 61.4. The molecular formula is C71H134O17P2. The Bertz CT molecular complexity index is 1860.